The normalized spacial score (nSPS) is 17.9. The average Bonchev–Trinajstić information content (AvgIpc) is 3.27. The van der Waals surface area contributed by atoms with Crippen LogP contribution in [0.2, 0.25) is 0 Å². The summed E-state index contributed by atoms with van der Waals surface area (Å²) in [7, 11) is 0. The van der Waals surface area contributed by atoms with Crippen LogP contribution in [0.3, 0.4) is 0 Å². The molecule has 0 aromatic carbocycles. The third-order valence-corrected chi connectivity index (χ3v) is 5.12. The lowest BCUT2D eigenvalue weighted by Crippen LogP contribution is -2.52. The number of rotatable bonds is 5. The van der Waals surface area contributed by atoms with Gasteiger partial charge in [-0.3, -0.25) is 4.79 Å². The van der Waals surface area contributed by atoms with Crippen LogP contribution in [0.5, 0.6) is 0 Å². The number of anilines is 1. The SMILES string of the molecule is Cc1nc(C(=O)NCC2CN(c3ccc(C4CC4)nn3)C2)cs1. The Labute approximate surface area is 139 Å². The summed E-state index contributed by atoms with van der Waals surface area (Å²) in [4.78, 5) is 18.4. The van der Waals surface area contributed by atoms with E-state index in [1.807, 2.05) is 6.92 Å². The number of carbonyl (C=O) groups excluding carboxylic acids is 1. The van der Waals surface area contributed by atoms with Gasteiger partial charge in [-0.15, -0.1) is 16.4 Å². The second kappa shape index (κ2) is 5.88. The topological polar surface area (TPSA) is 71.0 Å². The Hall–Kier alpha value is -2.02. The fourth-order valence-electron chi connectivity index (χ4n) is 2.78. The molecule has 23 heavy (non-hydrogen) atoms. The zero-order valence-corrected chi connectivity index (χ0v) is 13.8. The first-order valence-electron chi connectivity index (χ1n) is 7.98. The van der Waals surface area contributed by atoms with Gasteiger partial charge in [-0.2, -0.15) is 5.10 Å². The second-order valence-electron chi connectivity index (χ2n) is 6.32. The van der Waals surface area contributed by atoms with Gasteiger partial charge in [-0.05, 0) is 31.9 Å². The number of hydrogen-bond acceptors (Lipinski definition) is 6. The highest BCUT2D eigenvalue weighted by Gasteiger charge is 2.30. The van der Waals surface area contributed by atoms with Gasteiger partial charge >= 0.3 is 0 Å². The van der Waals surface area contributed by atoms with Gasteiger partial charge in [-0.25, -0.2) is 4.98 Å². The van der Waals surface area contributed by atoms with Gasteiger partial charge in [0, 0.05) is 36.9 Å². The average molecular weight is 329 g/mol. The van der Waals surface area contributed by atoms with Crippen molar-refractivity contribution in [2.75, 3.05) is 24.5 Å². The molecule has 0 atom stereocenters. The van der Waals surface area contributed by atoms with Gasteiger partial charge in [0.05, 0.1) is 10.7 Å². The zero-order chi connectivity index (χ0) is 15.8. The lowest BCUT2D eigenvalue weighted by Gasteiger charge is -2.39. The van der Waals surface area contributed by atoms with E-state index in [1.165, 1.54) is 24.2 Å². The van der Waals surface area contributed by atoms with E-state index in [2.05, 4.69) is 37.5 Å². The van der Waals surface area contributed by atoms with Gasteiger partial charge in [0.25, 0.3) is 5.91 Å². The van der Waals surface area contributed by atoms with Gasteiger partial charge in [0.1, 0.15) is 5.69 Å². The largest absolute Gasteiger partial charge is 0.354 e. The Morgan fingerprint density at radius 3 is 2.78 bits per heavy atom. The van der Waals surface area contributed by atoms with Crippen molar-refractivity contribution in [2.24, 2.45) is 5.92 Å². The van der Waals surface area contributed by atoms with Gasteiger partial charge in [-0.1, -0.05) is 0 Å². The van der Waals surface area contributed by atoms with Crippen molar-refractivity contribution in [3.05, 3.63) is 33.9 Å². The van der Waals surface area contributed by atoms with E-state index in [9.17, 15) is 4.79 Å². The highest BCUT2D eigenvalue weighted by atomic mass is 32.1. The third-order valence-electron chi connectivity index (χ3n) is 4.35. The van der Waals surface area contributed by atoms with Crippen molar-refractivity contribution < 1.29 is 4.79 Å². The van der Waals surface area contributed by atoms with E-state index in [0.29, 0.717) is 24.1 Å². The maximum atomic E-state index is 12.0. The van der Waals surface area contributed by atoms with Crippen LogP contribution in [-0.2, 0) is 0 Å². The summed E-state index contributed by atoms with van der Waals surface area (Å²) >= 11 is 1.50. The van der Waals surface area contributed by atoms with E-state index < -0.39 is 0 Å². The summed E-state index contributed by atoms with van der Waals surface area (Å²) < 4.78 is 0. The molecule has 2 aromatic heterocycles. The molecule has 7 heteroatoms. The van der Waals surface area contributed by atoms with Crippen LogP contribution in [0, 0.1) is 12.8 Å². The first kappa shape index (κ1) is 14.6. The number of nitrogens with one attached hydrogen (secondary N) is 1. The molecule has 1 saturated heterocycles. The molecule has 4 rings (SSSR count). The molecule has 1 N–H and O–H groups in total. The Bertz CT molecular complexity index is 704. The Morgan fingerprint density at radius 1 is 1.35 bits per heavy atom. The van der Waals surface area contributed by atoms with Crippen LogP contribution in [0.4, 0.5) is 5.82 Å². The monoisotopic (exact) mass is 329 g/mol. The summed E-state index contributed by atoms with van der Waals surface area (Å²) in [5.74, 6) is 1.96. The van der Waals surface area contributed by atoms with E-state index in [0.717, 1.165) is 29.6 Å². The molecule has 2 fully saturated rings. The van der Waals surface area contributed by atoms with Gasteiger partial charge in [0.2, 0.25) is 0 Å². The van der Waals surface area contributed by atoms with Crippen molar-refractivity contribution in [3.63, 3.8) is 0 Å². The van der Waals surface area contributed by atoms with Crippen molar-refractivity contribution in [3.8, 4) is 0 Å². The van der Waals surface area contributed by atoms with Gasteiger partial charge in [0.15, 0.2) is 5.82 Å². The van der Waals surface area contributed by atoms with Crippen molar-refractivity contribution in [1.29, 1.82) is 0 Å². The van der Waals surface area contributed by atoms with E-state index >= 15 is 0 Å². The minimum atomic E-state index is -0.0821. The minimum Gasteiger partial charge on any atom is -0.354 e. The van der Waals surface area contributed by atoms with Crippen molar-refractivity contribution in [1.82, 2.24) is 20.5 Å². The molecule has 0 spiro atoms. The number of aryl methyl sites for hydroxylation is 1. The Morgan fingerprint density at radius 2 is 2.17 bits per heavy atom. The number of thiazole rings is 1. The summed E-state index contributed by atoms with van der Waals surface area (Å²) in [5, 5.41) is 14.3. The summed E-state index contributed by atoms with van der Waals surface area (Å²) in [6.07, 6.45) is 2.50. The third kappa shape index (κ3) is 3.19. The fourth-order valence-corrected chi connectivity index (χ4v) is 3.38. The molecule has 1 aliphatic heterocycles. The second-order valence-corrected chi connectivity index (χ2v) is 7.39. The van der Waals surface area contributed by atoms with E-state index in [-0.39, 0.29) is 5.91 Å². The highest BCUT2D eigenvalue weighted by molar-refractivity contribution is 7.09. The lowest BCUT2D eigenvalue weighted by atomic mass is 10.00. The Kier molecular flexibility index (Phi) is 3.72. The zero-order valence-electron chi connectivity index (χ0n) is 13.0. The number of carbonyl (C=O) groups is 1. The molecule has 1 amide bonds. The van der Waals surface area contributed by atoms with Crippen LogP contribution in [0.15, 0.2) is 17.5 Å². The first-order chi connectivity index (χ1) is 11.2. The van der Waals surface area contributed by atoms with Crippen molar-refractivity contribution >= 4 is 23.1 Å². The van der Waals surface area contributed by atoms with Gasteiger partial charge < -0.3 is 10.2 Å². The standard InChI is InChI=1S/C16H19N5OS/c1-10-18-14(9-23-10)16(22)17-6-11-7-21(8-11)15-5-4-13(19-20-15)12-2-3-12/h4-5,9,11-12H,2-3,6-8H2,1H3,(H,17,22). The number of nitrogens with zero attached hydrogens (tertiary/aromatic N) is 4. The van der Waals surface area contributed by atoms with Crippen LogP contribution in [-0.4, -0.2) is 40.7 Å². The molecule has 0 unspecified atom stereocenters. The molecule has 1 aliphatic carbocycles. The smallest absolute Gasteiger partial charge is 0.270 e. The molecule has 0 bridgehead atoms. The molecule has 2 aromatic rings. The molecule has 2 aliphatic rings. The molecule has 1 saturated carbocycles. The predicted octanol–water partition coefficient (Wildman–Crippen LogP) is 1.99. The summed E-state index contributed by atoms with van der Waals surface area (Å²) in [6, 6.07) is 4.16. The lowest BCUT2D eigenvalue weighted by molar-refractivity contribution is 0.0940. The molecule has 6 nitrogen and oxygen atoms in total. The van der Waals surface area contributed by atoms with Crippen LogP contribution in [0.1, 0.15) is 39.9 Å². The minimum absolute atomic E-state index is 0.0821. The highest BCUT2D eigenvalue weighted by Crippen LogP contribution is 2.38. The summed E-state index contributed by atoms with van der Waals surface area (Å²) in [6.45, 7) is 4.40. The fraction of sp³-hybridized carbons (Fsp3) is 0.500. The van der Waals surface area contributed by atoms with Crippen LogP contribution < -0.4 is 10.2 Å². The molecular weight excluding hydrogens is 310 g/mol. The molecular formula is C16H19N5OS. The van der Waals surface area contributed by atoms with E-state index in [1.54, 1.807) is 5.38 Å². The number of amides is 1. The number of hydrogen-bond donors (Lipinski definition) is 1. The summed E-state index contributed by atoms with van der Waals surface area (Å²) in [5.41, 5.74) is 1.64. The number of aromatic nitrogens is 3. The Balaban J connectivity index is 1.24. The molecule has 0 radical (unpaired) electrons. The predicted molar refractivity (Wildman–Crippen MR) is 88.9 cm³/mol. The molecule has 3 heterocycles. The first-order valence-corrected chi connectivity index (χ1v) is 8.86. The van der Waals surface area contributed by atoms with Crippen LogP contribution in [0.25, 0.3) is 0 Å². The quantitative estimate of drug-likeness (QED) is 0.908. The maximum absolute atomic E-state index is 12.0. The maximum Gasteiger partial charge on any atom is 0.270 e. The van der Waals surface area contributed by atoms with Crippen LogP contribution >= 0.6 is 11.3 Å². The van der Waals surface area contributed by atoms with E-state index in [4.69, 9.17) is 0 Å². The van der Waals surface area contributed by atoms with Crippen molar-refractivity contribution in [2.45, 2.75) is 25.7 Å². The molecule has 120 valence electrons.